The predicted molar refractivity (Wildman–Crippen MR) is 107 cm³/mol. The number of amides is 2. The molecule has 3 heterocycles. The number of nitrogens with zero attached hydrogens (tertiary/aromatic N) is 2. The van der Waals surface area contributed by atoms with E-state index in [4.69, 9.17) is 16.3 Å². The lowest BCUT2D eigenvalue weighted by Crippen LogP contribution is -2.61. The Kier molecular flexibility index (Phi) is 5.19. The molecule has 3 N–H and O–H groups in total. The fourth-order valence-electron chi connectivity index (χ4n) is 5.34. The zero-order valence-electron chi connectivity index (χ0n) is 15.9. The smallest absolute Gasteiger partial charge is 0.317 e. The maximum absolute atomic E-state index is 12.7. The molecule has 0 bridgehead atoms. The molecule has 5 unspecified atom stereocenters. The third-order valence-electron chi connectivity index (χ3n) is 6.74. The second-order valence-corrected chi connectivity index (χ2v) is 8.89. The van der Waals surface area contributed by atoms with Gasteiger partial charge >= 0.3 is 6.03 Å². The van der Waals surface area contributed by atoms with Crippen LogP contribution in [-0.4, -0.2) is 66.9 Å². The maximum Gasteiger partial charge on any atom is 0.317 e. The molecule has 4 fully saturated rings. The Morgan fingerprint density at radius 2 is 2.00 bits per heavy atom. The Morgan fingerprint density at radius 1 is 1.14 bits per heavy atom. The highest BCUT2D eigenvalue weighted by atomic mass is 35.5. The summed E-state index contributed by atoms with van der Waals surface area (Å²) in [6, 6.07) is 8.48. The second-order valence-electron chi connectivity index (χ2n) is 8.45. The number of hydrogen-bond acceptors (Lipinski definition) is 5. The Morgan fingerprint density at radius 3 is 2.82 bits per heavy atom. The average Bonchev–Trinajstić information content (AvgIpc) is 3.10. The first kappa shape index (κ1) is 18.6. The minimum atomic E-state index is 0.0374. The highest BCUT2D eigenvalue weighted by Gasteiger charge is 2.48. The van der Waals surface area contributed by atoms with Crippen LogP contribution < -0.4 is 16.2 Å². The number of carbonyl (C=O) groups is 1. The third kappa shape index (κ3) is 3.62. The normalized spacial score (nSPS) is 36.0. The second kappa shape index (κ2) is 7.80. The summed E-state index contributed by atoms with van der Waals surface area (Å²) in [4.78, 5) is 17.1. The van der Waals surface area contributed by atoms with Gasteiger partial charge in [-0.15, -0.1) is 0 Å². The number of benzene rings is 1. The van der Waals surface area contributed by atoms with E-state index in [-0.39, 0.29) is 12.1 Å². The third-order valence-corrected chi connectivity index (χ3v) is 6.98. The van der Waals surface area contributed by atoms with Gasteiger partial charge in [-0.2, -0.15) is 0 Å². The van der Waals surface area contributed by atoms with Crippen molar-refractivity contribution in [2.45, 2.75) is 37.6 Å². The lowest BCUT2D eigenvalue weighted by atomic mass is 9.73. The number of halogens is 1. The van der Waals surface area contributed by atoms with Crippen LogP contribution in [0.25, 0.3) is 0 Å². The molecule has 1 saturated carbocycles. The standard InChI is InChI=1S/C20H28ClN5O2/c21-15-3-1-2-13(8-15)11-26-12-14-9-16-18(10-17(14)22-20(26)27)23-24-19(16)25-4-6-28-7-5-25/h1-3,8,14,16-19,23-24H,4-7,9-12H2,(H,22,27). The minimum Gasteiger partial charge on any atom is -0.379 e. The van der Waals surface area contributed by atoms with E-state index >= 15 is 0 Å². The van der Waals surface area contributed by atoms with Crippen LogP contribution in [0.3, 0.4) is 0 Å². The molecule has 0 aromatic heterocycles. The molecular weight excluding hydrogens is 378 g/mol. The number of urea groups is 1. The Balaban J connectivity index is 1.27. The highest BCUT2D eigenvalue weighted by molar-refractivity contribution is 6.30. The monoisotopic (exact) mass is 405 g/mol. The van der Waals surface area contributed by atoms with Crippen LogP contribution in [0.2, 0.25) is 5.02 Å². The van der Waals surface area contributed by atoms with Gasteiger partial charge in [0, 0.05) is 49.2 Å². The molecule has 0 spiro atoms. The molecule has 0 radical (unpaired) electrons. The van der Waals surface area contributed by atoms with Gasteiger partial charge in [-0.1, -0.05) is 23.7 Å². The van der Waals surface area contributed by atoms with Crippen LogP contribution in [0.15, 0.2) is 24.3 Å². The van der Waals surface area contributed by atoms with Crippen LogP contribution >= 0.6 is 11.6 Å². The Labute approximate surface area is 170 Å². The van der Waals surface area contributed by atoms with Crippen molar-refractivity contribution in [3.05, 3.63) is 34.9 Å². The molecule has 2 amide bonds. The number of hydrazine groups is 1. The summed E-state index contributed by atoms with van der Waals surface area (Å²) in [5, 5.41) is 3.98. The summed E-state index contributed by atoms with van der Waals surface area (Å²) in [6.07, 6.45) is 2.46. The maximum atomic E-state index is 12.7. The van der Waals surface area contributed by atoms with Gasteiger partial charge in [0.2, 0.25) is 0 Å². The quantitative estimate of drug-likeness (QED) is 0.709. The van der Waals surface area contributed by atoms with Gasteiger partial charge in [-0.3, -0.25) is 10.3 Å². The largest absolute Gasteiger partial charge is 0.379 e. The van der Waals surface area contributed by atoms with Gasteiger partial charge < -0.3 is 15.0 Å². The fraction of sp³-hybridized carbons (Fsp3) is 0.650. The summed E-state index contributed by atoms with van der Waals surface area (Å²) in [5.74, 6) is 1.03. The van der Waals surface area contributed by atoms with Crippen molar-refractivity contribution in [2.24, 2.45) is 11.8 Å². The van der Waals surface area contributed by atoms with E-state index < -0.39 is 0 Å². The van der Waals surface area contributed by atoms with E-state index in [1.807, 2.05) is 29.2 Å². The van der Waals surface area contributed by atoms with Crippen LogP contribution in [0.1, 0.15) is 18.4 Å². The number of morpholine rings is 1. The predicted octanol–water partition coefficient (Wildman–Crippen LogP) is 1.39. The molecular formula is C20H28ClN5O2. The SMILES string of the molecule is O=C1NC2CC3NNC(N4CCOCC4)C3CC2CN1Cc1cccc(Cl)c1. The molecule has 1 aliphatic carbocycles. The first-order valence-electron chi connectivity index (χ1n) is 10.3. The van der Waals surface area contributed by atoms with Crippen LogP contribution in [0.4, 0.5) is 4.79 Å². The molecule has 5 atom stereocenters. The number of ether oxygens (including phenoxy) is 1. The van der Waals surface area contributed by atoms with Gasteiger partial charge in [0.05, 0.1) is 19.4 Å². The number of hydrogen-bond donors (Lipinski definition) is 3. The summed E-state index contributed by atoms with van der Waals surface area (Å²) in [5.41, 5.74) is 8.10. The summed E-state index contributed by atoms with van der Waals surface area (Å²) in [7, 11) is 0. The molecule has 152 valence electrons. The molecule has 7 nitrogen and oxygen atoms in total. The average molecular weight is 406 g/mol. The number of carbonyl (C=O) groups excluding carboxylic acids is 1. The lowest BCUT2D eigenvalue weighted by molar-refractivity contribution is -0.00758. The molecule has 5 rings (SSSR count). The van der Waals surface area contributed by atoms with Crippen molar-refractivity contribution in [3.63, 3.8) is 0 Å². The van der Waals surface area contributed by atoms with Crippen molar-refractivity contribution < 1.29 is 9.53 Å². The van der Waals surface area contributed by atoms with Crippen molar-refractivity contribution in [2.75, 3.05) is 32.8 Å². The first-order valence-corrected chi connectivity index (χ1v) is 10.7. The minimum absolute atomic E-state index is 0.0374. The van der Waals surface area contributed by atoms with Crippen LogP contribution in [0, 0.1) is 11.8 Å². The van der Waals surface area contributed by atoms with Crippen molar-refractivity contribution >= 4 is 17.6 Å². The summed E-state index contributed by atoms with van der Waals surface area (Å²) in [6.45, 7) is 4.99. The summed E-state index contributed by atoms with van der Waals surface area (Å²) >= 11 is 6.11. The molecule has 1 aromatic carbocycles. The molecule has 1 aromatic rings. The van der Waals surface area contributed by atoms with Gasteiger partial charge in [0.25, 0.3) is 0 Å². The zero-order chi connectivity index (χ0) is 19.1. The first-order chi connectivity index (χ1) is 13.7. The van der Waals surface area contributed by atoms with E-state index in [2.05, 4.69) is 21.1 Å². The fourth-order valence-corrected chi connectivity index (χ4v) is 5.55. The Bertz CT molecular complexity index is 728. The zero-order valence-corrected chi connectivity index (χ0v) is 16.7. The number of nitrogens with one attached hydrogen (secondary N) is 3. The van der Waals surface area contributed by atoms with Gasteiger partial charge in [0.1, 0.15) is 0 Å². The molecule has 3 aliphatic heterocycles. The summed E-state index contributed by atoms with van der Waals surface area (Å²) < 4.78 is 5.52. The van der Waals surface area contributed by atoms with E-state index in [1.54, 1.807) is 0 Å². The van der Waals surface area contributed by atoms with E-state index in [9.17, 15) is 4.79 Å². The highest BCUT2D eigenvalue weighted by Crippen LogP contribution is 2.37. The molecule has 3 saturated heterocycles. The van der Waals surface area contributed by atoms with Gasteiger partial charge in [0.15, 0.2) is 0 Å². The number of rotatable bonds is 3. The lowest BCUT2D eigenvalue weighted by Gasteiger charge is -2.46. The topological polar surface area (TPSA) is 68.9 Å². The Hall–Kier alpha value is -1.38. The van der Waals surface area contributed by atoms with Crippen LogP contribution in [0.5, 0.6) is 0 Å². The van der Waals surface area contributed by atoms with E-state index in [0.29, 0.717) is 35.6 Å². The molecule has 28 heavy (non-hydrogen) atoms. The van der Waals surface area contributed by atoms with Crippen molar-refractivity contribution in [1.82, 2.24) is 26.0 Å². The van der Waals surface area contributed by atoms with Gasteiger partial charge in [-0.25, -0.2) is 10.2 Å². The van der Waals surface area contributed by atoms with Gasteiger partial charge in [-0.05, 0) is 36.5 Å². The van der Waals surface area contributed by atoms with E-state index in [1.165, 1.54) is 0 Å². The number of fused-ring (bicyclic) bond motifs is 2. The van der Waals surface area contributed by atoms with E-state index in [0.717, 1.165) is 51.3 Å². The van der Waals surface area contributed by atoms with Crippen molar-refractivity contribution in [3.8, 4) is 0 Å². The van der Waals surface area contributed by atoms with Crippen LogP contribution in [-0.2, 0) is 11.3 Å². The molecule has 8 heteroatoms. The van der Waals surface area contributed by atoms with Crippen molar-refractivity contribution in [1.29, 1.82) is 0 Å². The molecule has 4 aliphatic rings.